The minimum atomic E-state index is -4.73. The Hall–Kier alpha value is -2.58. The summed E-state index contributed by atoms with van der Waals surface area (Å²) in [6, 6.07) is 5.14. The SMILES string of the molecule is CCCc1noc(C2CCC(=O)N2Cc2ccc(OC(F)(F)F)cc2)n1. The van der Waals surface area contributed by atoms with Crippen LogP contribution in [0.5, 0.6) is 5.75 Å². The van der Waals surface area contributed by atoms with Crippen LogP contribution < -0.4 is 4.74 Å². The van der Waals surface area contributed by atoms with Crippen molar-refractivity contribution in [2.45, 2.75) is 51.6 Å². The Bertz CT molecular complexity index is 759. The molecule has 1 saturated heterocycles. The van der Waals surface area contributed by atoms with E-state index in [0.717, 1.165) is 6.42 Å². The highest BCUT2D eigenvalue weighted by Crippen LogP contribution is 2.33. The van der Waals surface area contributed by atoms with Gasteiger partial charge >= 0.3 is 6.36 Å². The molecular weight excluding hydrogens is 351 g/mol. The predicted octanol–water partition coefficient (Wildman–Crippen LogP) is 3.78. The Morgan fingerprint density at radius 1 is 1.31 bits per heavy atom. The van der Waals surface area contributed by atoms with Crippen LogP contribution in [0.3, 0.4) is 0 Å². The summed E-state index contributed by atoms with van der Waals surface area (Å²) in [6.07, 6.45) is -2.21. The first kappa shape index (κ1) is 18.2. The topological polar surface area (TPSA) is 68.5 Å². The van der Waals surface area contributed by atoms with E-state index in [1.54, 1.807) is 4.90 Å². The van der Waals surface area contributed by atoms with Crippen LogP contribution in [-0.4, -0.2) is 27.3 Å². The quantitative estimate of drug-likeness (QED) is 0.775. The molecule has 0 N–H and O–H groups in total. The Morgan fingerprint density at radius 3 is 2.69 bits per heavy atom. The summed E-state index contributed by atoms with van der Waals surface area (Å²) < 4.78 is 45.8. The van der Waals surface area contributed by atoms with Crippen LogP contribution in [0.1, 0.15) is 49.5 Å². The molecule has 1 aromatic carbocycles. The summed E-state index contributed by atoms with van der Waals surface area (Å²) in [7, 11) is 0. The molecule has 0 aliphatic carbocycles. The lowest BCUT2D eigenvalue weighted by Crippen LogP contribution is -2.27. The average Bonchev–Trinajstić information content (AvgIpc) is 3.16. The average molecular weight is 369 g/mol. The van der Waals surface area contributed by atoms with Crippen LogP contribution in [-0.2, 0) is 17.8 Å². The first-order valence-corrected chi connectivity index (χ1v) is 8.32. The molecule has 1 aliphatic heterocycles. The zero-order valence-electron chi connectivity index (χ0n) is 14.1. The van der Waals surface area contributed by atoms with E-state index in [2.05, 4.69) is 14.9 Å². The fraction of sp³-hybridized carbons (Fsp3) is 0.471. The Morgan fingerprint density at radius 2 is 2.04 bits per heavy atom. The lowest BCUT2D eigenvalue weighted by molar-refractivity contribution is -0.274. The summed E-state index contributed by atoms with van der Waals surface area (Å²) in [4.78, 5) is 18.2. The first-order chi connectivity index (χ1) is 12.4. The van der Waals surface area contributed by atoms with Crippen molar-refractivity contribution in [2.24, 2.45) is 0 Å². The first-order valence-electron chi connectivity index (χ1n) is 8.32. The van der Waals surface area contributed by atoms with Crippen molar-refractivity contribution in [2.75, 3.05) is 0 Å². The van der Waals surface area contributed by atoms with E-state index in [1.807, 2.05) is 6.92 Å². The van der Waals surface area contributed by atoms with Gasteiger partial charge in [0.15, 0.2) is 5.82 Å². The number of hydrogen-bond donors (Lipinski definition) is 0. The molecule has 140 valence electrons. The van der Waals surface area contributed by atoms with Crippen LogP contribution in [0.4, 0.5) is 13.2 Å². The van der Waals surface area contributed by atoms with E-state index in [0.29, 0.717) is 36.5 Å². The van der Waals surface area contributed by atoms with Gasteiger partial charge in [0.1, 0.15) is 11.8 Å². The second kappa shape index (κ2) is 7.35. The fourth-order valence-corrected chi connectivity index (χ4v) is 2.91. The van der Waals surface area contributed by atoms with Crippen molar-refractivity contribution in [3.63, 3.8) is 0 Å². The second-order valence-electron chi connectivity index (χ2n) is 6.07. The van der Waals surface area contributed by atoms with Gasteiger partial charge < -0.3 is 14.2 Å². The molecule has 0 saturated carbocycles. The Kier molecular flexibility index (Phi) is 5.15. The van der Waals surface area contributed by atoms with Crippen LogP contribution in [0.15, 0.2) is 28.8 Å². The predicted molar refractivity (Wildman–Crippen MR) is 83.9 cm³/mol. The molecular formula is C17H18F3N3O3. The summed E-state index contributed by atoms with van der Waals surface area (Å²) in [5.74, 6) is 0.652. The van der Waals surface area contributed by atoms with Gasteiger partial charge in [-0.1, -0.05) is 24.2 Å². The highest BCUT2D eigenvalue weighted by Gasteiger charge is 2.36. The molecule has 26 heavy (non-hydrogen) atoms. The molecule has 1 unspecified atom stereocenters. The molecule has 1 fully saturated rings. The third kappa shape index (κ3) is 4.33. The van der Waals surface area contributed by atoms with Gasteiger partial charge in [-0.25, -0.2) is 0 Å². The van der Waals surface area contributed by atoms with Gasteiger partial charge in [0.2, 0.25) is 11.8 Å². The molecule has 1 atom stereocenters. The van der Waals surface area contributed by atoms with Gasteiger partial charge in [0.05, 0.1) is 0 Å². The molecule has 0 radical (unpaired) electrons. The van der Waals surface area contributed by atoms with Gasteiger partial charge in [0, 0.05) is 19.4 Å². The minimum absolute atomic E-state index is 0.0548. The maximum atomic E-state index is 12.2. The third-order valence-electron chi connectivity index (χ3n) is 4.08. The summed E-state index contributed by atoms with van der Waals surface area (Å²) >= 11 is 0. The molecule has 6 nitrogen and oxygen atoms in total. The van der Waals surface area contributed by atoms with Gasteiger partial charge in [-0.05, 0) is 30.5 Å². The largest absolute Gasteiger partial charge is 0.573 e. The standard InChI is InChI=1S/C17H18F3N3O3/c1-2-3-14-21-16(26-22-14)13-8-9-15(24)23(13)10-11-4-6-12(7-5-11)25-17(18,19)20/h4-7,13H,2-3,8-10H2,1H3. The number of hydrogen-bond acceptors (Lipinski definition) is 5. The molecule has 1 amide bonds. The van der Waals surface area contributed by atoms with Crippen molar-refractivity contribution in [1.82, 2.24) is 15.0 Å². The van der Waals surface area contributed by atoms with Crippen molar-refractivity contribution < 1.29 is 27.2 Å². The van der Waals surface area contributed by atoms with E-state index in [-0.39, 0.29) is 24.2 Å². The number of alkyl halides is 3. The number of carbonyl (C=O) groups is 1. The van der Waals surface area contributed by atoms with Gasteiger partial charge in [-0.15, -0.1) is 13.2 Å². The Labute approximate surface area is 147 Å². The number of halogens is 3. The van der Waals surface area contributed by atoms with Crippen molar-refractivity contribution in [1.29, 1.82) is 0 Å². The van der Waals surface area contributed by atoms with Gasteiger partial charge in [0.25, 0.3) is 0 Å². The van der Waals surface area contributed by atoms with Crippen LogP contribution in [0, 0.1) is 0 Å². The van der Waals surface area contributed by atoms with Crippen LogP contribution in [0.2, 0.25) is 0 Å². The van der Waals surface area contributed by atoms with Crippen molar-refractivity contribution in [3.05, 3.63) is 41.5 Å². The zero-order chi connectivity index (χ0) is 18.7. The normalized spacial score (nSPS) is 17.8. The van der Waals surface area contributed by atoms with E-state index in [9.17, 15) is 18.0 Å². The fourth-order valence-electron chi connectivity index (χ4n) is 2.91. The number of carbonyl (C=O) groups excluding carboxylic acids is 1. The summed E-state index contributed by atoms with van der Waals surface area (Å²) in [6.45, 7) is 2.26. The van der Waals surface area contributed by atoms with Crippen molar-refractivity contribution in [3.8, 4) is 5.75 Å². The number of aromatic nitrogens is 2. The van der Waals surface area contributed by atoms with E-state index in [4.69, 9.17) is 4.52 Å². The molecule has 2 aromatic rings. The molecule has 2 heterocycles. The molecule has 0 bridgehead atoms. The number of rotatable bonds is 6. The highest BCUT2D eigenvalue weighted by atomic mass is 19.4. The highest BCUT2D eigenvalue weighted by molar-refractivity contribution is 5.78. The molecule has 1 aromatic heterocycles. The maximum absolute atomic E-state index is 12.2. The number of benzene rings is 1. The molecule has 0 spiro atoms. The second-order valence-corrected chi connectivity index (χ2v) is 6.07. The van der Waals surface area contributed by atoms with E-state index in [1.165, 1.54) is 24.3 Å². The lowest BCUT2D eigenvalue weighted by Gasteiger charge is -2.22. The van der Waals surface area contributed by atoms with Gasteiger partial charge in [-0.2, -0.15) is 4.98 Å². The van der Waals surface area contributed by atoms with Crippen LogP contribution >= 0.6 is 0 Å². The van der Waals surface area contributed by atoms with Crippen molar-refractivity contribution >= 4 is 5.91 Å². The number of amides is 1. The smallest absolute Gasteiger partial charge is 0.406 e. The molecule has 9 heteroatoms. The number of nitrogens with zero attached hydrogens (tertiary/aromatic N) is 3. The number of aryl methyl sites for hydroxylation is 1. The van der Waals surface area contributed by atoms with Crippen LogP contribution in [0.25, 0.3) is 0 Å². The molecule has 1 aliphatic rings. The number of ether oxygens (including phenoxy) is 1. The zero-order valence-corrected chi connectivity index (χ0v) is 14.1. The molecule has 3 rings (SSSR count). The summed E-state index contributed by atoms with van der Waals surface area (Å²) in [5, 5.41) is 3.92. The van der Waals surface area contributed by atoms with Gasteiger partial charge in [-0.3, -0.25) is 4.79 Å². The minimum Gasteiger partial charge on any atom is -0.406 e. The lowest BCUT2D eigenvalue weighted by atomic mass is 10.1. The summed E-state index contributed by atoms with van der Waals surface area (Å²) in [5.41, 5.74) is 0.688. The van der Waals surface area contributed by atoms with E-state index < -0.39 is 6.36 Å². The Balaban J connectivity index is 1.71. The maximum Gasteiger partial charge on any atom is 0.573 e. The number of likely N-dealkylation sites (tertiary alicyclic amines) is 1. The monoisotopic (exact) mass is 369 g/mol. The third-order valence-corrected chi connectivity index (χ3v) is 4.08. The van der Waals surface area contributed by atoms with E-state index >= 15 is 0 Å².